The minimum Gasteiger partial charge on any atom is -0.478 e. The first-order valence-corrected chi connectivity index (χ1v) is 8.67. The van der Waals surface area contributed by atoms with Gasteiger partial charge in [-0.3, -0.25) is 4.72 Å². The number of carboxylic acids is 1. The number of thiophene rings is 1. The monoisotopic (exact) mass is 333 g/mol. The standard InChI is InChI=1S/C15H11NO4S2/c17-15(18)11-6-1-4-10-5-2-7-12(14(10)11)16-22(19,20)13-8-3-9-21-13/h1-9,16H,(H,17,18). The van der Waals surface area contributed by atoms with Crippen LogP contribution in [-0.4, -0.2) is 19.5 Å². The fourth-order valence-corrected chi connectivity index (χ4v) is 4.28. The lowest BCUT2D eigenvalue weighted by molar-refractivity contribution is 0.0699. The summed E-state index contributed by atoms with van der Waals surface area (Å²) in [6.45, 7) is 0. The van der Waals surface area contributed by atoms with E-state index in [2.05, 4.69) is 4.72 Å². The number of nitrogens with one attached hydrogen (secondary N) is 1. The molecule has 112 valence electrons. The molecule has 3 aromatic rings. The van der Waals surface area contributed by atoms with E-state index in [1.807, 2.05) is 0 Å². The summed E-state index contributed by atoms with van der Waals surface area (Å²) in [6.07, 6.45) is 0. The van der Waals surface area contributed by atoms with Gasteiger partial charge in [-0.2, -0.15) is 0 Å². The van der Waals surface area contributed by atoms with Crippen LogP contribution in [0.15, 0.2) is 58.1 Å². The maximum Gasteiger partial charge on any atom is 0.336 e. The van der Waals surface area contributed by atoms with E-state index in [0.29, 0.717) is 10.8 Å². The second kappa shape index (κ2) is 5.43. The van der Waals surface area contributed by atoms with Gasteiger partial charge >= 0.3 is 5.97 Å². The number of sulfonamides is 1. The third-order valence-corrected chi connectivity index (χ3v) is 5.90. The largest absolute Gasteiger partial charge is 0.478 e. The van der Waals surface area contributed by atoms with Gasteiger partial charge in [0.2, 0.25) is 0 Å². The molecule has 0 bridgehead atoms. The molecular weight excluding hydrogens is 322 g/mol. The molecule has 0 aliphatic carbocycles. The van der Waals surface area contributed by atoms with Crippen molar-refractivity contribution in [2.75, 3.05) is 4.72 Å². The first-order chi connectivity index (χ1) is 10.5. The van der Waals surface area contributed by atoms with E-state index in [1.54, 1.807) is 41.8 Å². The van der Waals surface area contributed by atoms with Gasteiger partial charge in [-0.05, 0) is 29.0 Å². The van der Waals surface area contributed by atoms with E-state index in [4.69, 9.17) is 0 Å². The normalized spacial score (nSPS) is 11.5. The van der Waals surface area contributed by atoms with Crippen LogP contribution in [0, 0.1) is 0 Å². The van der Waals surface area contributed by atoms with E-state index >= 15 is 0 Å². The summed E-state index contributed by atoms with van der Waals surface area (Å²) in [5.41, 5.74) is 0.311. The zero-order valence-electron chi connectivity index (χ0n) is 11.2. The Morgan fingerprint density at radius 1 is 1.05 bits per heavy atom. The molecule has 0 aliphatic heterocycles. The van der Waals surface area contributed by atoms with Crippen LogP contribution < -0.4 is 4.72 Å². The van der Waals surface area contributed by atoms with E-state index in [-0.39, 0.29) is 15.5 Å². The average molecular weight is 333 g/mol. The molecule has 2 N–H and O–H groups in total. The summed E-state index contributed by atoms with van der Waals surface area (Å²) in [4.78, 5) is 11.4. The highest BCUT2D eigenvalue weighted by Gasteiger charge is 2.18. The molecule has 22 heavy (non-hydrogen) atoms. The Bertz CT molecular complexity index is 942. The predicted molar refractivity (Wildman–Crippen MR) is 86.0 cm³/mol. The van der Waals surface area contributed by atoms with Gasteiger partial charge in [-0.15, -0.1) is 11.3 Å². The van der Waals surface area contributed by atoms with Gasteiger partial charge in [0, 0.05) is 5.39 Å². The third-order valence-electron chi connectivity index (χ3n) is 3.14. The van der Waals surface area contributed by atoms with Gasteiger partial charge < -0.3 is 5.11 Å². The molecule has 3 rings (SSSR count). The zero-order valence-corrected chi connectivity index (χ0v) is 12.8. The Labute approximate surface area is 130 Å². The summed E-state index contributed by atoms with van der Waals surface area (Å²) in [6, 6.07) is 12.9. The summed E-state index contributed by atoms with van der Waals surface area (Å²) in [5, 5.41) is 12.0. The second-order valence-electron chi connectivity index (χ2n) is 4.55. The predicted octanol–water partition coefficient (Wildman–Crippen LogP) is 3.40. The van der Waals surface area contributed by atoms with Crippen molar-refractivity contribution in [2.45, 2.75) is 4.21 Å². The van der Waals surface area contributed by atoms with E-state index < -0.39 is 16.0 Å². The topological polar surface area (TPSA) is 83.5 Å². The molecule has 0 radical (unpaired) electrons. The minimum absolute atomic E-state index is 0.0574. The molecule has 7 heteroatoms. The molecule has 5 nitrogen and oxygen atoms in total. The maximum absolute atomic E-state index is 12.3. The lowest BCUT2D eigenvalue weighted by atomic mass is 10.0. The van der Waals surface area contributed by atoms with Crippen molar-refractivity contribution in [3.8, 4) is 0 Å². The molecule has 0 spiro atoms. The molecule has 0 saturated carbocycles. The van der Waals surface area contributed by atoms with Crippen LogP contribution in [0.1, 0.15) is 10.4 Å². The molecule has 0 unspecified atom stereocenters. The fourth-order valence-electron chi connectivity index (χ4n) is 2.22. The number of aromatic carboxylic acids is 1. The van der Waals surface area contributed by atoms with Gasteiger partial charge in [0.1, 0.15) is 4.21 Å². The number of carboxylic acid groups (broad SMARTS) is 1. The molecule has 0 amide bonds. The molecule has 1 aromatic heterocycles. The third kappa shape index (κ3) is 2.56. The SMILES string of the molecule is O=C(O)c1cccc2cccc(NS(=O)(=O)c3cccs3)c12. The van der Waals surface area contributed by atoms with E-state index in [9.17, 15) is 18.3 Å². The number of hydrogen-bond acceptors (Lipinski definition) is 4. The van der Waals surface area contributed by atoms with Gasteiger partial charge in [0.05, 0.1) is 11.3 Å². The van der Waals surface area contributed by atoms with E-state index in [0.717, 1.165) is 11.3 Å². The zero-order chi connectivity index (χ0) is 15.7. The summed E-state index contributed by atoms with van der Waals surface area (Å²) >= 11 is 1.10. The van der Waals surface area contributed by atoms with Gasteiger partial charge in [-0.25, -0.2) is 13.2 Å². The molecule has 0 aliphatic rings. The van der Waals surface area contributed by atoms with Gasteiger partial charge in [-0.1, -0.05) is 30.3 Å². The molecule has 2 aromatic carbocycles. The average Bonchev–Trinajstić information content (AvgIpc) is 3.01. The van der Waals surface area contributed by atoms with Crippen molar-refractivity contribution in [2.24, 2.45) is 0 Å². The minimum atomic E-state index is -3.73. The molecule has 0 fully saturated rings. The Balaban J connectivity index is 2.18. The van der Waals surface area contributed by atoms with Crippen LogP contribution in [0.5, 0.6) is 0 Å². The van der Waals surface area contributed by atoms with Crippen molar-refractivity contribution < 1.29 is 18.3 Å². The number of hydrogen-bond donors (Lipinski definition) is 2. The van der Waals surface area contributed by atoms with Crippen molar-refractivity contribution in [3.63, 3.8) is 0 Å². The first kappa shape index (κ1) is 14.6. The first-order valence-electron chi connectivity index (χ1n) is 6.30. The highest BCUT2D eigenvalue weighted by molar-refractivity contribution is 7.94. The maximum atomic E-state index is 12.3. The quantitative estimate of drug-likeness (QED) is 0.766. The summed E-state index contributed by atoms with van der Waals surface area (Å²) in [5.74, 6) is -1.10. The van der Waals surface area contributed by atoms with Crippen molar-refractivity contribution >= 4 is 43.8 Å². The number of rotatable bonds is 4. The van der Waals surface area contributed by atoms with Crippen LogP contribution in [-0.2, 0) is 10.0 Å². The Morgan fingerprint density at radius 2 is 1.77 bits per heavy atom. The van der Waals surface area contributed by atoms with Crippen LogP contribution >= 0.6 is 11.3 Å². The van der Waals surface area contributed by atoms with Crippen molar-refractivity contribution in [1.82, 2.24) is 0 Å². The van der Waals surface area contributed by atoms with E-state index in [1.165, 1.54) is 12.1 Å². The Hall–Kier alpha value is -2.38. The molecule has 0 saturated heterocycles. The Morgan fingerprint density at radius 3 is 2.41 bits per heavy atom. The van der Waals surface area contributed by atoms with Crippen LogP contribution in [0.2, 0.25) is 0 Å². The highest BCUT2D eigenvalue weighted by atomic mass is 32.2. The van der Waals surface area contributed by atoms with Crippen molar-refractivity contribution in [1.29, 1.82) is 0 Å². The molecule has 0 atom stereocenters. The number of benzene rings is 2. The second-order valence-corrected chi connectivity index (χ2v) is 7.41. The van der Waals surface area contributed by atoms with Crippen LogP contribution in [0.3, 0.4) is 0 Å². The lowest BCUT2D eigenvalue weighted by Crippen LogP contribution is -2.12. The van der Waals surface area contributed by atoms with Crippen molar-refractivity contribution in [3.05, 3.63) is 59.5 Å². The van der Waals surface area contributed by atoms with Crippen LogP contribution in [0.25, 0.3) is 10.8 Å². The molecule has 1 heterocycles. The number of anilines is 1. The fraction of sp³-hybridized carbons (Fsp3) is 0. The highest BCUT2D eigenvalue weighted by Crippen LogP contribution is 2.29. The summed E-state index contributed by atoms with van der Waals surface area (Å²) < 4.78 is 27.3. The van der Waals surface area contributed by atoms with Gasteiger partial charge in [0.25, 0.3) is 10.0 Å². The number of carbonyl (C=O) groups is 1. The van der Waals surface area contributed by atoms with Crippen LogP contribution in [0.4, 0.5) is 5.69 Å². The Kier molecular flexibility index (Phi) is 3.59. The summed E-state index contributed by atoms with van der Waals surface area (Å²) in [7, 11) is -3.73. The van der Waals surface area contributed by atoms with Gasteiger partial charge in [0.15, 0.2) is 0 Å². The smallest absolute Gasteiger partial charge is 0.336 e. The lowest BCUT2D eigenvalue weighted by Gasteiger charge is -2.11. The number of fused-ring (bicyclic) bond motifs is 1. The molecular formula is C15H11NO4S2.